The third kappa shape index (κ3) is 2.68. The van der Waals surface area contributed by atoms with Crippen LogP contribution in [0.5, 0.6) is 0 Å². The average Bonchev–Trinajstić information content (AvgIpc) is 2.87. The molecule has 1 saturated heterocycles. The van der Waals surface area contributed by atoms with E-state index in [0.29, 0.717) is 18.8 Å². The number of nitrogens with zero attached hydrogens (tertiary/aromatic N) is 2. The van der Waals surface area contributed by atoms with E-state index < -0.39 is 5.97 Å². The van der Waals surface area contributed by atoms with Gasteiger partial charge in [-0.3, -0.25) is 4.79 Å². The normalized spacial score (nSPS) is 29.8. The van der Waals surface area contributed by atoms with Crippen LogP contribution in [-0.4, -0.2) is 40.3 Å². The molecule has 3 rings (SSSR count). The van der Waals surface area contributed by atoms with Crippen LogP contribution < -0.4 is 5.32 Å². The molecule has 0 unspecified atom stereocenters. The van der Waals surface area contributed by atoms with Crippen molar-refractivity contribution in [3.8, 4) is 0 Å². The van der Waals surface area contributed by atoms with Crippen LogP contribution in [0.1, 0.15) is 30.9 Å². The van der Waals surface area contributed by atoms with E-state index in [1.165, 1.54) is 0 Å². The molecule has 6 heteroatoms. The molecule has 1 aromatic heterocycles. The standard InChI is InChI=1S/C13H17N3O3/c17-13(18)9-3-10(4-9)16-12-5-11(14-7-15-12)8-1-2-19-6-8/h5,7-10H,1-4,6H2,(H,17,18)(H,14,15,16)/t8-,9?,10?/m0/s1. The van der Waals surface area contributed by atoms with Crippen molar-refractivity contribution in [1.82, 2.24) is 9.97 Å². The fourth-order valence-electron chi connectivity index (χ4n) is 2.59. The molecule has 6 nitrogen and oxygen atoms in total. The van der Waals surface area contributed by atoms with Crippen molar-refractivity contribution >= 4 is 11.8 Å². The highest BCUT2D eigenvalue weighted by atomic mass is 16.5. The molecule has 2 aliphatic rings. The van der Waals surface area contributed by atoms with Gasteiger partial charge in [0.05, 0.1) is 18.2 Å². The third-order valence-electron chi connectivity index (χ3n) is 3.88. The molecule has 1 aliphatic heterocycles. The van der Waals surface area contributed by atoms with Gasteiger partial charge in [-0.2, -0.15) is 0 Å². The van der Waals surface area contributed by atoms with E-state index in [-0.39, 0.29) is 12.0 Å². The molecule has 2 N–H and O–H groups in total. The van der Waals surface area contributed by atoms with Crippen LogP contribution in [0, 0.1) is 5.92 Å². The summed E-state index contributed by atoms with van der Waals surface area (Å²) in [5, 5.41) is 12.1. The van der Waals surface area contributed by atoms with Gasteiger partial charge in [0, 0.05) is 24.6 Å². The number of carboxylic acids is 1. The molecule has 0 amide bonds. The number of hydrogen-bond acceptors (Lipinski definition) is 5. The smallest absolute Gasteiger partial charge is 0.306 e. The van der Waals surface area contributed by atoms with E-state index in [2.05, 4.69) is 15.3 Å². The fraction of sp³-hybridized carbons (Fsp3) is 0.615. The van der Waals surface area contributed by atoms with E-state index >= 15 is 0 Å². The number of aliphatic carboxylic acids is 1. The molecule has 0 radical (unpaired) electrons. The molecule has 1 atom stereocenters. The first-order chi connectivity index (χ1) is 9.22. The summed E-state index contributed by atoms with van der Waals surface area (Å²) in [6.07, 6.45) is 3.90. The summed E-state index contributed by atoms with van der Waals surface area (Å²) < 4.78 is 5.36. The highest BCUT2D eigenvalue weighted by Gasteiger charge is 2.34. The molecule has 0 spiro atoms. The van der Waals surface area contributed by atoms with Gasteiger partial charge in [0.15, 0.2) is 0 Å². The van der Waals surface area contributed by atoms with Crippen LogP contribution >= 0.6 is 0 Å². The minimum Gasteiger partial charge on any atom is -0.481 e. The van der Waals surface area contributed by atoms with Gasteiger partial charge in [0.2, 0.25) is 0 Å². The zero-order chi connectivity index (χ0) is 13.2. The van der Waals surface area contributed by atoms with Gasteiger partial charge in [-0.05, 0) is 19.3 Å². The minimum atomic E-state index is -0.704. The summed E-state index contributed by atoms with van der Waals surface area (Å²) in [5.74, 6) is 0.231. The lowest BCUT2D eigenvalue weighted by atomic mass is 9.80. The number of carboxylic acid groups (broad SMARTS) is 1. The number of rotatable bonds is 4. The Morgan fingerprint density at radius 3 is 2.95 bits per heavy atom. The first-order valence-corrected chi connectivity index (χ1v) is 6.61. The van der Waals surface area contributed by atoms with Gasteiger partial charge in [-0.25, -0.2) is 9.97 Å². The summed E-state index contributed by atoms with van der Waals surface area (Å²) in [4.78, 5) is 19.2. The Morgan fingerprint density at radius 1 is 1.42 bits per heavy atom. The molecule has 1 aliphatic carbocycles. The molecule has 102 valence electrons. The van der Waals surface area contributed by atoms with Gasteiger partial charge in [0.25, 0.3) is 0 Å². The lowest BCUT2D eigenvalue weighted by molar-refractivity contribution is -0.144. The highest BCUT2D eigenvalue weighted by Crippen LogP contribution is 2.30. The van der Waals surface area contributed by atoms with E-state index in [9.17, 15) is 4.79 Å². The molecule has 1 saturated carbocycles. The number of aromatic nitrogens is 2. The number of ether oxygens (including phenoxy) is 1. The summed E-state index contributed by atoms with van der Waals surface area (Å²) in [6, 6.07) is 2.16. The van der Waals surface area contributed by atoms with Crippen molar-refractivity contribution in [1.29, 1.82) is 0 Å². The molecule has 19 heavy (non-hydrogen) atoms. The molecular formula is C13H17N3O3. The van der Waals surface area contributed by atoms with E-state index in [0.717, 1.165) is 31.1 Å². The number of nitrogens with one attached hydrogen (secondary N) is 1. The first-order valence-electron chi connectivity index (χ1n) is 6.61. The van der Waals surface area contributed by atoms with Crippen LogP contribution in [0.3, 0.4) is 0 Å². The molecular weight excluding hydrogens is 246 g/mol. The molecule has 0 aromatic carbocycles. The monoisotopic (exact) mass is 263 g/mol. The average molecular weight is 263 g/mol. The fourth-order valence-corrected chi connectivity index (χ4v) is 2.59. The van der Waals surface area contributed by atoms with Crippen LogP contribution in [0.25, 0.3) is 0 Å². The summed E-state index contributed by atoms with van der Waals surface area (Å²) >= 11 is 0. The van der Waals surface area contributed by atoms with Gasteiger partial charge in [-0.15, -0.1) is 0 Å². The minimum absolute atomic E-state index is 0.206. The number of hydrogen-bond donors (Lipinski definition) is 2. The molecule has 2 fully saturated rings. The zero-order valence-electron chi connectivity index (χ0n) is 10.6. The SMILES string of the molecule is O=C(O)C1CC(Nc2cc([C@H]3CCOC3)ncn2)C1. The molecule has 2 heterocycles. The van der Waals surface area contributed by atoms with Crippen molar-refractivity contribution in [3.05, 3.63) is 18.1 Å². The van der Waals surface area contributed by atoms with Crippen LogP contribution in [0.15, 0.2) is 12.4 Å². The molecule has 0 bridgehead atoms. The second-order valence-electron chi connectivity index (χ2n) is 5.24. The Labute approximate surface area is 111 Å². The summed E-state index contributed by atoms with van der Waals surface area (Å²) in [5.41, 5.74) is 1.00. The Kier molecular flexibility index (Phi) is 3.33. The largest absolute Gasteiger partial charge is 0.481 e. The Balaban J connectivity index is 1.59. The Hall–Kier alpha value is -1.69. The van der Waals surface area contributed by atoms with Crippen LogP contribution in [0.4, 0.5) is 5.82 Å². The number of anilines is 1. The number of carbonyl (C=O) groups is 1. The summed E-state index contributed by atoms with van der Waals surface area (Å²) in [6.45, 7) is 1.52. The Bertz CT molecular complexity index is 468. The third-order valence-corrected chi connectivity index (χ3v) is 3.88. The lowest BCUT2D eigenvalue weighted by Gasteiger charge is -2.33. The second-order valence-corrected chi connectivity index (χ2v) is 5.24. The topological polar surface area (TPSA) is 84.3 Å². The van der Waals surface area contributed by atoms with E-state index in [4.69, 9.17) is 9.84 Å². The van der Waals surface area contributed by atoms with Gasteiger partial charge >= 0.3 is 5.97 Å². The Morgan fingerprint density at radius 2 is 2.26 bits per heavy atom. The summed E-state index contributed by atoms with van der Waals surface area (Å²) in [7, 11) is 0. The van der Waals surface area contributed by atoms with Crippen molar-refractivity contribution in [2.24, 2.45) is 5.92 Å². The maximum absolute atomic E-state index is 10.7. The van der Waals surface area contributed by atoms with Crippen molar-refractivity contribution in [2.75, 3.05) is 18.5 Å². The van der Waals surface area contributed by atoms with Crippen molar-refractivity contribution in [2.45, 2.75) is 31.2 Å². The van der Waals surface area contributed by atoms with Crippen molar-refractivity contribution < 1.29 is 14.6 Å². The first kappa shape index (κ1) is 12.3. The van der Waals surface area contributed by atoms with Crippen LogP contribution in [0.2, 0.25) is 0 Å². The maximum atomic E-state index is 10.7. The quantitative estimate of drug-likeness (QED) is 0.850. The van der Waals surface area contributed by atoms with Crippen molar-refractivity contribution in [3.63, 3.8) is 0 Å². The second kappa shape index (κ2) is 5.13. The van der Waals surface area contributed by atoms with E-state index in [1.807, 2.05) is 6.07 Å². The maximum Gasteiger partial charge on any atom is 0.306 e. The van der Waals surface area contributed by atoms with Crippen LogP contribution in [-0.2, 0) is 9.53 Å². The lowest BCUT2D eigenvalue weighted by Crippen LogP contribution is -2.39. The zero-order valence-corrected chi connectivity index (χ0v) is 10.6. The van der Waals surface area contributed by atoms with Gasteiger partial charge in [-0.1, -0.05) is 0 Å². The molecule has 1 aromatic rings. The predicted molar refractivity (Wildman–Crippen MR) is 68.0 cm³/mol. The van der Waals surface area contributed by atoms with Gasteiger partial charge < -0.3 is 15.2 Å². The predicted octanol–water partition coefficient (Wildman–Crippen LogP) is 1.26. The van der Waals surface area contributed by atoms with E-state index in [1.54, 1.807) is 6.33 Å². The van der Waals surface area contributed by atoms with Gasteiger partial charge in [0.1, 0.15) is 12.1 Å². The highest BCUT2D eigenvalue weighted by molar-refractivity contribution is 5.71.